The quantitative estimate of drug-likeness (QED) is 0.394. The molecule has 0 saturated carbocycles. The van der Waals surface area contributed by atoms with E-state index in [1.54, 1.807) is 7.11 Å². The number of unbranched alkanes of at least 4 members (excludes halogenated alkanes) is 2. The van der Waals surface area contributed by atoms with Crippen LogP contribution in [0.1, 0.15) is 37.3 Å². The number of nitrogens with zero attached hydrogens (tertiary/aromatic N) is 1. The van der Waals surface area contributed by atoms with Crippen molar-refractivity contribution in [1.82, 2.24) is 0 Å². The van der Waals surface area contributed by atoms with Crippen LogP contribution in [0, 0.1) is 0 Å². The van der Waals surface area contributed by atoms with E-state index in [4.69, 9.17) is 14.2 Å². The normalized spacial score (nSPS) is 13.5. The van der Waals surface area contributed by atoms with Gasteiger partial charge in [0.1, 0.15) is 5.75 Å². The van der Waals surface area contributed by atoms with Crippen LogP contribution < -0.4 is 24.1 Å². The number of fused-ring (bicyclic) bond motifs is 5. The summed E-state index contributed by atoms with van der Waals surface area (Å²) < 4.78 is 19.0. The summed E-state index contributed by atoms with van der Waals surface area (Å²) in [6, 6.07) is 7.93. The molecule has 2 aromatic carbocycles. The third-order valence-corrected chi connectivity index (χ3v) is 6.50. The van der Waals surface area contributed by atoms with E-state index in [0.29, 0.717) is 5.75 Å². The van der Waals surface area contributed by atoms with Gasteiger partial charge in [-0.1, -0.05) is 19.8 Å². The van der Waals surface area contributed by atoms with Gasteiger partial charge in [0.05, 0.1) is 30.2 Å². The minimum Gasteiger partial charge on any atom is -0.495 e. The summed E-state index contributed by atoms with van der Waals surface area (Å²) >= 11 is 0. The number of rotatable bonds is 8. The fourth-order valence-corrected chi connectivity index (χ4v) is 4.93. The summed E-state index contributed by atoms with van der Waals surface area (Å²) in [4.78, 5) is 12.0. The van der Waals surface area contributed by atoms with Gasteiger partial charge >= 0.3 is 5.97 Å². The number of methoxy groups -OCH3 is 1. The Balaban J connectivity index is 1.72. The molecule has 3 heterocycles. The first-order chi connectivity index (χ1) is 16.1. The average Bonchev–Trinajstić information content (AvgIpc) is 3.27. The lowest BCUT2D eigenvalue weighted by Gasteiger charge is -2.21. The minimum atomic E-state index is -0.855. The Morgan fingerprint density at radius 1 is 1.18 bits per heavy atom. The van der Waals surface area contributed by atoms with Crippen LogP contribution in [0.4, 0.5) is 5.69 Å². The van der Waals surface area contributed by atoms with Crippen molar-refractivity contribution in [2.75, 3.05) is 25.8 Å². The predicted molar refractivity (Wildman–Crippen MR) is 125 cm³/mol. The van der Waals surface area contributed by atoms with Crippen LogP contribution in [0.3, 0.4) is 0 Å². The number of carbonyl (C=O) groups is 1. The molecule has 33 heavy (non-hydrogen) atoms. The Morgan fingerprint density at radius 3 is 2.76 bits per heavy atom. The number of hydrogen-bond acceptors (Lipinski definition) is 5. The molecule has 3 aromatic rings. The number of ether oxygens (including phenoxy) is 3. The van der Waals surface area contributed by atoms with Crippen LogP contribution >= 0.6 is 0 Å². The van der Waals surface area contributed by atoms with E-state index in [2.05, 4.69) is 23.0 Å². The molecule has 1 aromatic heterocycles. The summed E-state index contributed by atoms with van der Waals surface area (Å²) in [7, 11) is 1.67. The molecule has 0 saturated heterocycles. The van der Waals surface area contributed by atoms with Gasteiger partial charge in [-0.2, -0.15) is 4.57 Å². The molecule has 7 heteroatoms. The first kappa shape index (κ1) is 21.4. The highest BCUT2D eigenvalue weighted by atomic mass is 16.7. The number of aromatic nitrogens is 1. The Bertz CT molecular complexity index is 1240. The van der Waals surface area contributed by atoms with E-state index in [0.717, 1.165) is 89.1 Å². The third-order valence-electron chi connectivity index (χ3n) is 6.50. The van der Waals surface area contributed by atoms with Crippen molar-refractivity contribution >= 4 is 22.4 Å². The predicted octanol–water partition coefficient (Wildman–Crippen LogP) is 4.32. The van der Waals surface area contributed by atoms with Gasteiger partial charge in [-0.25, -0.2) is 0 Å². The first-order valence-corrected chi connectivity index (χ1v) is 11.5. The molecule has 7 nitrogen and oxygen atoms in total. The van der Waals surface area contributed by atoms with Crippen LogP contribution in [0.25, 0.3) is 22.0 Å². The molecule has 0 amide bonds. The lowest BCUT2D eigenvalue weighted by molar-refractivity contribution is -0.686. The number of pyridine rings is 1. The highest BCUT2D eigenvalue weighted by Crippen LogP contribution is 2.43. The van der Waals surface area contributed by atoms with E-state index in [9.17, 15) is 9.90 Å². The second kappa shape index (κ2) is 8.81. The summed E-state index contributed by atoms with van der Waals surface area (Å²) in [6.45, 7) is 4.00. The summed E-state index contributed by atoms with van der Waals surface area (Å²) in [6.07, 6.45) is 6.28. The maximum absolute atomic E-state index is 12.0. The van der Waals surface area contributed by atoms with Gasteiger partial charge in [-0.15, -0.1) is 0 Å². The summed E-state index contributed by atoms with van der Waals surface area (Å²) in [5.74, 6) is 1.37. The maximum Gasteiger partial charge on any atom is 0.308 e. The molecule has 0 aliphatic carbocycles. The maximum atomic E-state index is 12.0. The fraction of sp³-hybridized carbons (Fsp3) is 0.385. The highest BCUT2D eigenvalue weighted by Gasteiger charge is 2.32. The summed E-state index contributed by atoms with van der Waals surface area (Å²) in [5, 5.41) is 15.3. The molecule has 0 fully saturated rings. The fourth-order valence-electron chi connectivity index (χ4n) is 4.93. The second-order valence-electron chi connectivity index (χ2n) is 8.57. The third kappa shape index (κ3) is 3.81. The Morgan fingerprint density at radius 2 is 2.00 bits per heavy atom. The lowest BCUT2D eigenvalue weighted by atomic mass is 9.90. The minimum absolute atomic E-state index is 0.0673. The van der Waals surface area contributed by atoms with Gasteiger partial charge in [0.15, 0.2) is 24.2 Å². The van der Waals surface area contributed by atoms with Crippen LogP contribution in [-0.2, 0) is 24.2 Å². The number of anilines is 1. The van der Waals surface area contributed by atoms with Gasteiger partial charge in [-0.05, 0) is 36.2 Å². The molecular weight excluding hydrogens is 420 g/mol. The van der Waals surface area contributed by atoms with Crippen molar-refractivity contribution in [2.24, 2.45) is 0 Å². The Labute approximate surface area is 192 Å². The zero-order chi connectivity index (χ0) is 22.9. The van der Waals surface area contributed by atoms with E-state index in [-0.39, 0.29) is 13.2 Å². The number of hydrogen-bond donors (Lipinski definition) is 2. The van der Waals surface area contributed by atoms with E-state index in [1.165, 1.54) is 0 Å². The number of aryl methyl sites for hydroxylation is 2. The van der Waals surface area contributed by atoms with Crippen LogP contribution in [0.2, 0.25) is 0 Å². The molecule has 2 aliphatic rings. The number of nitrogens with one attached hydrogen (secondary N) is 1. The van der Waals surface area contributed by atoms with Gasteiger partial charge in [0, 0.05) is 23.9 Å². The zero-order valence-electron chi connectivity index (χ0n) is 19.1. The van der Waals surface area contributed by atoms with E-state index >= 15 is 0 Å². The van der Waals surface area contributed by atoms with Gasteiger partial charge in [0.25, 0.3) is 0 Å². The molecule has 0 radical (unpaired) electrons. The zero-order valence-corrected chi connectivity index (χ0v) is 19.1. The molecule has 5 rings (SSSR count). The van der Waals surface area contributed by atoms with E-state index < -0.39 is 5.97 Å². The molecular formula is C26H29N2O5+. The number of carboxylic acids is 1. The SMILES string of the molecule is CCCCCNc1c(OC)ccc2c(CC(=O)O)c3[n+](cc12)CCc1cc2c(cc1-3)OCO2. The number of aliphatic carboxylic acids is 1. The smallest absolute Gasteiger partial charge is 0.308 e. The van der Waals surface area contributed by atoms with Gasteiger partial charge in [0.2, 0.25) is 12.5 Å². The van der Waals surface area contributed by atoms with Crippen LogP contribution in [-0.4, -0.2) is 31.5 Å². The Hall–Kier alpha value is -3.48. The molecule has 0 atom stereocenters. The topological polar surface area (TPSA) is 80.9 Å². The van der Waals surface area contributed by atoms with Crippen molar-refractivity contribution in [3.05, 3.63) is 41.6 Å². The average molecular weight is 450 g/mol. The van der Waals surface area contributed by atoms with Crippen molar-refractivity contribution in [3.8, 4) is 28.5 Å². The van der Waals surface area contributed by atoms with E-state index in [1.807, 2.05) is 24.3 Å². The summed E-state index contributed by atoms with van der Waals surface area (Å²) in [5.41, 5.74) is 4.82. The second-order valence-corrected chi connectivity index (χ2v) is 8.57. The largest absolute Gasteiger partial charge is 0.495 e. The van der Waals surface area contributed by atoms with Crippen molar-refractivity contribution in [2.45, 2.75) is 45.6 Å². The van der Waals surface area contributed by atoms with Crippen LogP contribution in [0.15, 0.2) is 30.5 Å². The molecule has 172 valence electrons. The molecule has 0 spiro atoms. The number of carboxylic acid groups (broad SMARTS) is 1. The molecule has 2 N–H and O–H groups in total. The first-order valence-electron chi connectivity index (χ1n) is 11.5. The number of benzene rings is 2. The molecule has 2 aliphatic heterocycles. The van der Waals surface area contributed by atoms with Crippen molar-refractivity contribution in [1.29, 1.82) is 0 Å². The van der Waals surface area contributed by atoms with Crippen LogP contribution in [0.5, 0.6) is 17.2 Å². The standard InChI is InChI=1S/C26H28N2O5/c1-3-4-5-9-27-25-20-14-28-10-8-16-11-22-23(33-15-32-22)12-18(16)26(28)19(13-24(29)30)17(20)6-7-21(25)31-2/h6-7,11-12,14H,3-5,8-10,13,15H2,1-2H3,(H,29,30)/p+1. The van der Waals surface area contributed by atoms with Gasteiger partial charge in [-0.3, -0.25) is 4.79 Å². The Kier molecular flexibility index (Phi) is 5.70. The molecule has 0 unspecified atom stereocenters. The van der Waals surface area contributed by atoms with Crippen molar-refractivity contribution in [3.63, 3.8) is 0 Å². The lowest BCUT2D eigenvalue weighted by Crippen LogP contribution is -2.41. The molecule has 0 bridgehead atoms. The van der Waals surface area contributed by atoms with Gasteiger partial charge < -0.3 is 24.6 Å². The highest BCUT2D eigenvalue weighted by molar-refractivity contribution is 6.01. The van der Waals surface area contributed by atoms with Crippen molar-refractivity contribution < 1.29 is 28.7 Å². The monoisotopic (exact) mass is 449 g/mol.